The molecule has 0 fully saturated rings. The molecule has 0 bridgehead atoms. The number of primary amides is 1. The number of carbonyl (C=O) groups excluding carboxylic acids is 1. The van der Waals surface area contributed by atoms with Gasteiger partial charge in [0.1, 0.15) is 5.75 Å². The van der Waals surface area contributed by atoms with Gasteiger partial charge in [-0.2, -0.15) is 4.99 Å². The van der Waals surface area contributed by atoms with Gasteiger partial charge in [-0.05, 0) is 6.07 Å². The highest BCUT2D eigenvalue weighted by atomic mass is 16.5. The van der Waals surface area contributed by atoms with Gasteiger partial charge in [0, 0.05) is 18.2 Å². The van der Waals surface area contributed by atoms with Crippen LogP contribution in [0.4, 0.5) is 9.59 Å². The highest BCUT2D eigenvalue weighted by molar-refractivity contribution is 5.84. The largest absolute Gasteiger partial charge is 0.465 e. The Morgan fingerprint density at radius 2 is 2.06 bits per heavy atom. The topological polar surface area (TPSA) is 102 Å². The van der Waals surface area contributed by atoms with Gasteiger partial charge in [0.15, 0.2) is 0 Å². The van der Waals surface area contributed by atoms with Crippen LogP contribution < -0.4 is 10.5 Å². The van der Waals surface area contributed by atoms with Crippen molar-refractivity contribution >= 4 is 18.4 Å². The van der Waals surface area contributed by atoms with Gasteiger partial charge in [0.05, 0.1) is 0 Å². The maximum atomic E-state index is 10.8. The molecule has 1 heterocycles. The molecule has 0 aliphatic carbocycles. The summed E-state index contributed by atoms with van der Waals surface area (Å²) in [6.45, 7) is 0. The lowest BCUT2D eigenvalue weighted by molar-refractivity contribution is 0.205. The molecular formula is C10H10N2O4. The van der Waals surface area contributed by atoms with Gasteiger partial charge >= 0.3 is 12.2 Å². The van der Waals surface area contributed by atoms with Crippen LogP contribution in [0.5, 0.6) is 5.75 Å². The second-order valence-corrected chi connectivity index (χ2v) is 2.83. The quantitative estimate of drug-likeness (QED) is 0.693. The van der Waals surface area contributed by atoms with E-state index in [0.29, 0.717) is 12.2 Å². The highest BCUT2D eigenvalue weighted by Crippen LogP contribution is 2.19. The molecule has 0 saturated carbocycles. The number of carboxylic acid groups (broad SMARTS) is 1. The zero-order valence-corrected chi connectivity index (χ0v) is 8.29. The lowest BCUT2D eigenvalue weighted by Gasteiger charge is -2.01. The molecule has 84 valence electrons. The van der Waals surface area contributed by atoms with Crippen LogP contribution in [0.3, 0.4) is 0 Å². The van der Waals surface area contributed by atoms with Crippen molar-refractivity contribution in [3.8, 4) is 5.75 Å². The van der Waals surface area contributed by atoms with Crippen LogP contribution >= 0.6 is 0 Å². The van der Waals surface area contributed by atoms with Gasteiger partial charge in [-0.3, -0.25) is 0 Å². The van der Waals surface area contributed by atoms with E-state index in [1.807, 2.05) is 18.2 Å². The Hall–Kier alpha value is -2.37. The highest BCUT2D eigenvalue weighted by Gasteiger charge is 2.09. The van der Waals surface area contributed by atoms with Crippen molar-refractivity contribution in [2.45, 2.75) is 6.42 Å². The summed E-state index contributed by atoms with van der Waals surface area (Å²) >= 11 is 0. The van der Waals surface area contributed by atoms with E-state index < -0.39 is 12.2 Å². The van der Waals surface area contributed by atoms with Crippen LogP contribution in [0.2, 0.25) is 0 Å². The number of aliphatic imine (C=N–C) groups is 1. The minimum absolute atomic E-state index is 0.542. The van der Waals surface area contributed by atoms with E-state index in [0.717, 1.165) is 5.56 Å². The minimum atomic E-state index is -1.33. The van der Waals surface area contributed by atoms with Crippen LogP contribution in [0, 0.1) is 0 Å². The number of nitrogens with two attached hydrogens (primary N) is 1. The van der Waals surface area contributed by atoms with E-state index in [1.54, 1.807) is 12.3 Å². The Labute approximate surface area is 91.4 Å². The Kier molecular flexibility index (Phi) is 4.02. The number of carbonyl (C=O) groups is 2. The third-order valence-corrected chi connectivity index (χ3v) is 1.68. The van der Waals surface area contributed by atoms with Crippen LogP contribution in [0.1, 0.15) is 5.56 Å². The van der Waals surface area contributed by atoms with Crippen molar-refractivity contribution in [3.05, 3.63) is 29.8 Å². The summed E-state index contributed by atoms with van der Waals surface area (Å²) in [4.78, 5) is 23.2. The molecule has 1 aromatic carbocycles. The van der Waals surface area contributed by atoms with E-state index in [4.69, 9.17) is 14.6 Å². The monoisotopic (exact) mass is 222 g/mol. The standard InChI is InChI=1S/C9H7NO2.CH3NO2/c11-9-10-6-5-7-3-1-2-4-8(7)12-9;2-1(3)4/h1-4,6H,5H2;2H2,(H,3,4). The summed E-state index contributed by atoms with van der Waals surface area (Å²) in [6.07, 6.45) is 0.343. The molecule has 0 saturated heterocycles. The summed E-state index contributed by atoms with van der Waals surface area (Å²) in [7, 11) is 0. The number of fused-ring (bicyclic) bond motifs is 1. The van der Waals surface area contributed by atoms with E-state index in [2.05, 4.69) is 10.7 Å². The van der Waals surface area contributed by atoms with E-state index in [1.165, 1.54) is 0 Å². The van der Waals surface area contributed by atoms with Gasteiger partial charge < -0.3 is 15.6 Å². The third kappa shape index (κ3) is 3.79. The number of ether oxygens (including phenoxy) is 1. The molecule has 1 aromatic rings. The number of para-hydroxylation sites is 1. The predicted octanol–water partition coefficient (Wildman–Crippen LogP) is 1.44. The molecule has 0 radical (unpaired) electrons. The van der Waals surface area contributed by atoms with Gasteiger partial charge in [-0.15, -0.1) is 0 Å². The van der Waals surface area contributed by atoms with Crippen molar-refractivity contribution < 1.29 is 19.4 Å². The van der Waals surface area contributed by atoms with Crippen molar-refractivity contribution in [1.29, 1.82) is 0 Å². The maximum Gasteiger partial charge on any atom is 0.438 e. The van der Waals surface area contributed by atoms with Gasteiger partial charge in [-0.1, -0.05) is 18.2 Å². The molecule has 0 spiro atoms. The van der Waals surface area contributed by atoms with Crippen molar-refractivity contribution in [2.24, 2.45) is 10.7 Å². The van der Waals surface area contributed by atoms with Crippen LogP contribution in [0.25, 0.3) is 0 Å². The Morgan fingerprint density at radius 3 is 2.75 bits per heavy atom. The first-order valence-corrected chi connectivity index (χ1v) is 4.40. The van der Waals surface area contributed by atoms with Crippen LogP contribution in [0.15, 0.2) is 29.3 Å². The first-order valence-electron chi connectivity index (χ1n) is 4.40. The van der Waals surface area contributed by atoms with E-state index in [-0.39, 0.29) is 0 Å². The molecule has 0 aromatic heterocycles. The second kappa shape index (κ2) is 5.50. The lowest BCUT2D eigenvalue weighted by Crippen LogP contribution is -2.03. The summed E-state index contributed by atoms with van der Waals surface area (Å²) in [5.41, 5.74) is 5.02. The fraction of sp³-hybridized carbons (Fsp3) is 0.100. The Balaban J connectivity index is 0.000000280. The molecule has 0 unspecified atom stereocenters. The molecule has 2 amide bonds. The number of hydrogen-bond acceptors (Lipinski definition) is 3. The molecule has 16 heavy (non-hydrogen) atoms. The van der Waals surface area contributed by atoms with Crippen molar-refractivity contribution in [2.75, 3.05) is 0 Å². The third-order valence-electron chi connectivity index (χ3n) is 1.68. The molecule has 1 aliphatic heterocycles. The van der Waals surface area contributed by atoms with Crippen LogP contribution in [-0.2, 0) is 6.42 Å². The van der Waals surface area contributed by atoms with Crippen molar-refractivity contribution in [3.63, 3.8) is 0 Å². The number of rotatable bonds is 0. The molecule has 0 atom stereocenters. The fourth-order valence-corrected chi connectivity index (χ4v) is 1.11. The summed E-state index contributed by atoms with van der Waals surface area (Å²) in [6, 6.07) is 7.42. The lowest BCUT2D eigenvalue weighted by atomic mass is 10.1. The van der Waals surface area contributed by atoms with E-state index >= 15 is 0 Å². The zero-order valence-electron chi connectivity index (χ0n) is 8.29. The van der Waals surface area contributed by atoms with Crippen molar-refractivity contribution in [1.82, 2.24) is 0 Å². The first kappa shape index (κ1) is 11.7. The maximum absolute atomic E-state index is 10.8. The van der Waals surface area contributed by atoms with Gasteiger partial charge in [-0.25, -0.2) is 9.59 Å². The summed E-state index contributed by atoms with van der Waals surface area (Å²) in [5, 5.41) is 7.19. The fourth-order valence-electron chi connectivity index (χ4n) is 1.11. The Morgan fingerprint density at radius 1 is 1.44 bits per heavy atom. The summed E-state index contributed by atoms with van der Waals surface area (Å²) < 4.78 is 4.92. The molecule has 2 rings (SSSR count). The van der Waals surface area contributed by atoms with E-state index in [9.17, 15) is 4.79 Å². The van der Waals surface area contributed by atoms with Gasteiger partial charge in [0.2, 0.25) is 0 Å². The smallest absolute Gasteiger partial charge is 0.438 e. The number of nitrogens with zero attached hydrogens (tertiary/aromatic N) is 1. The van der Waals surface area contributed by atoms with Crippen LogP contribution in [-0.4, -0.2) is 23.5 Å². The normalized spacial score (nSPS) is 12.6. The summed E-state index contributed by atoms with van der Waals surface area (Å²) in [5.74, 6) is 0.611. The molecule has 1 aliphatic rings. The molecule has 6 nitrogen and oxygen atoms in total. The molecular weight excluding hydrogens is 212 g/mol. The predicted molar refractivity (Wildman–Crippen MR) is 56.9 cm³/mol. The van der Waals surface area contributed by atoms with Gasteiger partial charge in [0.25, 0.3) is 0 Å². The molecule has 3 N–H and O–H groups in total. The second-order valence-electron chi connectivity index (χ2n) is 2.83. The number of amides is 2. The first-order chi connectivity index (χ1) is 7.59. The number of hydrogen-bond donors (Lipinski definition) is 2. The Bertz CT molecular complexity index is 425. The molecule has 6 heteroatoms. The number of benzene rings is 1. The minimum Gasteiger partial charge on any atom is -0.465 e. The average molecular weight is 222 g/mol. The average Bonchev–Trinajstić information content (AvgIpc) is 2.37. The SMILES string of the molecule is NC(=O)O.O=C1N=CCc2ccccc2O1. The zero-order chi connectivity index (χ0) is 12.0.